The maximum atomic E-state index is 9.79. The van der Waals surface area contributed by atoms with Crippen molar-refractivity contribution in [1.82, 2.24) is 0 Å². The van der Waals surface area contributed by atoms with E-state index in [1.807, 2.05) is 48.7 Å². The Bertz CT molecular complexity index is 1220. The van der Waals surface area contributed by atoms with Crippen LogP contribution in [0.2, 0.25) is 5.02 Å². The van der Waals surface area contributed by atoms with Crippen molar-refractivity contribution in [2.24, 2.45) is 16.3 Å². The summed E-state index contributed by atoms with van der Waals surface area (Å²) in [6.07, 6.45) is 4.97. The van der Waals surface area contributed by atoms with Crippen molar-refractivity contribution in [3.05, 3.63) is 79.1 Å². The number of nitriles is 1. The Morgan fingerprint density at radius 1 is 1.24 bits per heavy atom. The predicted octanol–water partition coefficient (Wildman–Crippen LogP) is 8.52. The normalized spacial score (nSPS) is 15.9. The number of fused-ring (bicyclic) bond motifs is 1. The molecular formula is C27H26BrClN2OS. The van der Waals surface area contributed by atoms with Crippen LogP contribution in [0.3, 0.4) is 0 Å². The van der Waals surface area contributed by atoms with Gasteiger partial charge in [0, 0.05) is 16.1 Å². The molecule has 6 heteroatoms. The highest BCUT2D eigenvalue weighted by Crippen LogP contribution is 2.44. The molecule has 0 amide bonds. The molecule has 0 fully saturated rings. The van der Waals surface area contributed by atoms with Gasteiger partial charge in [0.2, 0.25) is 0 Å². The zero-order valence-electron chi connectivity index (χ0n) is 19.0. The number of aliphatic imine (C=N–C) groups is 1. The number of hydrogen-bond donors (Lipinski definition) is 0. The third-order valence-electron chi connectivity index (χ3n) is 6.18. The van der Waals surface area contributed by atoms with Gasteiger partial charge >= 0.3 is 0 Å². The summed E-state index contributed by atoms with van der Waals surface area (Å²) in [4.78, 5) is 6.04. The highest BCUT2D eigenvalue weighted by molar-refractivity contribution is 9.10. The van der Waals surface area contributed by atoms with E-state index in [9.17, 15) is 5.26 Å². The second-order valence-corrected chi connectivity index (χ2v) is 11.8. The Labute approximate surface area is 213 Å². The smallest absolute Gasteiger partial charge is 0.134 e. The van der Waals surface area contributed by atoms with Gasteiger partial charge < -0.3 is 4.74 Å². The molecule has 1 atom stereocenters. The molecule has 1 aliphatic carbocycles. The average Bonchev–Trinajstić information content (AvgIpc) is 3.14. The number of hydrogen-bond acceptors (Lipinski definition) is 4. The first-order valence-electron chi connectivity index (χ1n) is 11.0. The lowest BCUT2D eigenvalue weighted by Gasteiger charge is -2.33. The Hall–Kier alpha value is -2.13. The SMILES string of the molecule is CC(C)(C)[C@H]1CCc2c(sc(N=Cc3ccc(OCc4ccc(Cl)cc4)c(Br)c3)c2C#N)C1. The molecule has 1 heterocycles. The molecule has 1 aliphatic rings. The molecule has 0 N–H and O–H groups in total. The fourth-order valence-corrected chi connectivity index (χ4v) is 5.96. The third-order valence-corrected chi connectivity index (χ3v) is 8.21. The Morgan fingerprint density at radius 3 is 2.67 bits per heavy atom. The van der Waals surface area contributed by atoms with E-state index in [2.05, 4.69) is 42.8 Å². The zero-order valence-corrected chi connectivity index (χ0v) is 22.1. The maximum absolute atomic E-state index is 9.79. The fraction of sp³-hybridized carbons (Fsp3) is 0.333. The number of thiophene rings is 1. The number of nitrogens with zero attached hydrogens (tertiary/aromatic N) is 2. The van der Waals surface area contributed by atoms with Crippen LogP contribution >= 0.6 is 38.9 Å². The highest BCUT2D eigenvalue weighted by atomic mass is 79.9. The molecule has 3 aromatic rings. The Balaban J connectivity index is 1.48. The summed E-state index contributed by atoms with van der Waals surface area (Å²) in [7, 11) is 0. The van der Waals surface area contributed by atoms with Crippen LogP contribution in [-0.4, -0.2) is 6.21 Å². The number of benzene rings is 2. The van der Waals surface area contributed by atoms with Gasteiger partial charge in [-0.05, 0) is 93.5 Å². The average molecular weight is 542 g/mol. The van der Waals surface area contributed by atoms with Gasteiger partial charge in [0.15, 0.2) is 0 Å². The largest absolute Gasteiger partial charge is 0.488 e. The summed E-state index contributed by atoms with van der Waals surface area (Å²) < 4.78 is 6.79. The van der Waals surface area contributed by atoms with Crippen LogP contribution in [0.1, 0.15) is 54.3 Å². The monoisotopic (exact) mass is 540 g/mol. The van der Waals surface area contributed by atoms with Gasteiger partial charge in [0.05, 0.1) is 10.0 Å². The summed E-state index contributed by atoms with van der Waals surface area (Å²) in [5.74, 6) is 1.41. The zero-order chi connectivity index (χ0) is 23.6. The van der Waals surface area contributed by atoms with Crippen LogP contribution < -0.4 is 4.74 Å². The van der Waals surface area contributed by atoms with Gasteiger partial charge in [-0.25, -0.2) is 4.99 Å². The molecule has 0 saturated carbocycles. The van der Waals surface area contributed by atoms with Crippen LogP contribution in [-0.2, 0) is 19.4 Å². The van der Waals surface area contributed by atoms with Crippen molar-refractivity contribution in [3.63, 3.8) is 0 Å². The van der Waals surface area contributed by atoms with E-state index in [-0.39, 0.29) is 5.41 Å². The lowest BCUT2D eigenvalue weighted by Crippen LogP contribution is -2.26. The standard InChI is InChI=1S/C27H26BrClN2OS/c1-27(2,3)19-7-10-21-22(14-30)26(33-25(21)13-19)31-15-18-6-11-24(23(28)12-18)32-16-17-4-8-20(29)9-5-17/h4-6,8-9,11-12,15,19H,7,10,13,16H2,1-3H3/t19-/m0/s1. The minimum Gasteiger partial charge on any atom is -0.488 e. The van der Waals surface area contributed by atoms with E-state index in [1.54, 1.807) is 11.3 Å². The lowest BCUT2D eigenvalue weighted by molar-refractivity contribution is 0.218. The van der Waals surface area contributed by atoms with Gasteiger partial charge in [-0.2, -0.15) is 5.26 Å². The molecule has 0 radical (unpaired) electrons. The van der Waals surface area contributed by atoms with Crippen molar-refractivity contribution in [2.45, 2.75) is 46.6 Å². The Morgan fingerprint density at radius 2 is 2.00 bits per heavy atom. The van der Waals surface area contributed by atoms with Crippen molar-refractivity contribution < 1.29 is 4.74 Å². The molecule has 0 spiro atoms. The van der Waals surface area contributed by atoms with E-state index in [0.717, 1.165) is 51.2 Å². The van der Waals surface area contributed by atoms with Gasteiger partial charge in [-0.3, -0.25) is 0 Å². The van der Waals surface area contributed by atoms with E-state index >= 15 is 0 Å². The minimum atomic E-state index is 0.279. The van der Waals surface area contributed by atoms with Crippen LogP contribution in [0.25, 0.3) is 0 Å². The predicted molar refractivity (Wildman–Crippen MR) is 141 cm³/mol. The van der Waals surface area contributed by atoms with Gasteiger partial charge in [-0.1, -0.05) is 44.5 Å². The summed E-state index contributed by atoms with van der Waals surface area (Å²) >= 11 is 11.2. The van der Waals surface area contributed by atoms with E-state index in [1.165, 1.54) is 10.4 Å². The van der Waals surface area contributed by atoms with Crippen molar-refractivity contribution >= 4 is 50.1 Å². The van der Waals surface area contributed by atoms with Crippen LogP contribution in [0, 0.1) is 22.7 Å². The molecule has 0 unspecified atom stereocenters. The van der Waals surface area contributed by atoms with Crippen LogP contribution in [0.15, 0.2) is 51.9 Å². The quantitative estimate of drug-likeness (QED) is 0.304. The van der Waals surface area contributed by atoms with E-state index in [0.29, 0.717) is 17.5 Å². The lowest BCUT2D eigenvalue weighted by atomic mass is 9.72. The van der Waals surface area contributed by atoms with E-state index in [4.69, 9.17) is 21.3 Å². The highest BCUT2D eigenvalue weighted by Gasteiger charge is 2.32. The van der Waals surface area contributed by atoms with Crippen molar-refractivity contribution in [2.75, 3.05) is 0 Å². The summed E-state index contributed by atoms with van der Waals surface area (Å²) in [5.41, 5.74) is 4.24. The number of ether oxygens (including phenoxy) is 1. The molecule has 0 bridgehead atoms. The van der Waals surface area contributed by atoms with Gasteiger partial charge in [-0.15, -0.1) is 11.3 Å². The number of rotatable bonds is 5. The van der Waals surface area contributed by atoms with E-state index < -0.39 is 0 Å². The van der Waals surface area contributed by atoms with Crippen molar-refractivity contribution in [1.29, 1.82) is 5.26 Å². The molecule has 3 nitrogen and oxygen atoms in total. The summed E-state index contributed by atoms with van der Waals surface area (Å²) in [5, 5.41) is 11.3. The van der Waals surface area contributed by atoms with Crippen LogP contribution in [0.4, 0.5) is 5.00 Å². The first kappa shape index (κ1) is 24.0. The second-order valence-electron chi connectivity index (χ2n) is 9.46. The molecule has 0 saturated heterocycles. The number of halogens is 2. The molecule has 1 aromatic heterocycles. The van der Waals surface area contributed by atoms with Gasteiger partial charge in [0.1, 0.15) is 23.4 Å². The second kappa shape index (κ2) is 10.0. The van der Waals surface area contributed by atoms with Gasteiger partial charge in [0.25, 0.3) is 0 Å². The fourth-order valence-electron chi connectivity index (χ4n) is 4.11. The molecule has 170 valence electrons. The first-order valence-corrected chi connectivity index (χ1v) is 13.0. The summed E-state index contributed by atoms with van der Waals surface area (Å²) in [6, 6.07) is 15.9. The molecule has 4 rings (SSSR count). The minimum absolute atomic E-state index is 0.279. The van der Waals surface area contributed by atoms with Crippen molar-refractivity contribution in [3.8, 4) is 11.8 Å². The maximum Gasteiger partial charge on any atom is 0.134 e. The molecule has 2 aromatic carbocycles. The summed E-state index contributed by atoms with van der Waals surface area (Å²) in [6.45, 7) is 7.38. The Kier molecular flexibility index (Phi) is 7.28. The molecular weight excluding hydrogens is 516 g/mol. The first-order chi connectivity index (χ1) is 15.7. The molecule has 0 aliphatic heterocycles. The third kappa shape index (κ3) is 5.69. The van der Waals surface area contributed by atoms with Crippen LogP contribution in [0.5, 0.6) is 5.75 Å². The topological polar surface area (TPSA) is 45.4 Å². The molecule has 33 heavy (non-hydrogen) atoms.